The lowest BCUT2D eigenvalue weighted by atomic mass is 10.1. The topological polar surface area (TPSA) is 129 Å². The lowest BCUT2D eigenvalue weighted by Crippen LogP contribution is -2.35. The van der Waals surface area contributed by atoms with E-state index in [-0.39, 0.29) is 18.9 Å². The van der Waals surface area contributed by atoms with Gasteiger partial charge in [0.15, 0.2) is 11.5 Å². The van der Waals surface area contributed by atoms with Crippen LogP contribution in [0.2, 0.25) is 0 Å². The fourth-order valence-corrected chi connectivity index (χ4v) is 3.86. The number of carbonyl (C=O) groups is 2. The van der Waals surface area contributed by atoms with Crippen LogP contribution in [0.4, 0.5) is 5.69 Å². The molecule has 11 nitrogen and oxygen atoms in total. The van der Waals surface area contributed by atoms with Crippen molar-refractivity contribution in [2.24, 2.45) is 0 Å². The highest BCUT2D eigenvalue weighted by molar-refractivity contribution is 6.01. The lowest BCUT2D eigenvalue weighted by molar-refractivity contribution is -0.115. The van der Waals surface area contributed by atoms with Crippen LogP contribution in [-0.2, 0) is 17.9 Å². The largest absolute Gasteiger partial charge is 0.454 e. The highest BCUT2D eigenvalue weighted by Gasteiger charge is 2.21. The Hall–Kier alpha value is -4.67. The number of amides is 2. The Morgan fingerprint density at radius 1 is 1.11 bits per heavy atom. The maximum Gasteiger partial charge on any atom is 0.257 e. The molecule has 0 unspecified atom stereocenters. The number of fused-ring (bicyclic) bond motifs is 2. The number of aryl methyl sites for hydroxylation is 1. The second-order valence-corrected chi connectivity index (χ2v) is 7.90. The van der Waals surface area contributed by atoms with Gasteiger partial charge in [-0.05, 0) is 30.7 Å². The standard InChI is InChI=1S/C24H22N6O5/c1-2-29-11-18(23(32)17-7-20-21(8-19(17)29)35-14-34-20)24(33)26-9-22(31)28-16-5-3-15(4-6-16)10-30-13-25-12-27-30/h3-8,11-13H,2,9-10,14H2,1H3,(H,26,33)(H,28,31). The van der Waals surface area contributed by atoms with E-state index in [9.17, 15) is 14.4 Å². The molecule has 5 rings (SSSR count). The summed E-state index contributed by atoms with van der Waals surface area (Å²) in [4.78, 5) is 42.1. The molecule has 0 fully saturated rings. The van der Waals surface area contributed by atoms with Gasteiger partial charge in [-0.3, -0.25) is 14.4 Å². The third kappa shape index (κ3) is 4.56. The second-order valence-electron chi connectivity index (χ2n) is 7.90. The van der Waals surface area contributed by atoms with Crippen LogP contribution >= 0.6 is 0 Å². The van der Waals surface area contributed by atoms with Crippen molar-refractivity contribution in [3.8, 4) is 11.5 Å². The Bertz CT molecular complexity index is 1460. The third-order valence-corrected chi connectivity index (χ3v) is 5.62. The van der Waals surface area contributed by atoms with E-state index in [2.05, 4.69) is 20.7 Å². The van der Waals surface area contributed by atoms with Gasteiger partial charge in [0.05, 0.1) is 24.0 Å². The average molecular weight is 474 g/mol. The number of nitrogens with zero attached hydrogens (tertiary/aromatic N) is 4. The molecule has 0 saturated heterocycles. The number of aromatic nitrogens is 4. The van der Waals surface area contributed by atoms with Gasteiger partial charge >= 0.3 is 0 Å². The van der Waals surface area contributed by atoms with Gasteiger partial charge in [0.1, 0.15) is 18.2 Å². The molecule has 0 saturated carbocycles. The van der Waals surface area contributed by atoms with Crippen molar-refractivity contribution in [3.05, 3.63) is 76.6 Å². The van der Waals surface area contributed by atoms with Crippen molar-refractivity contribution in [1.29, 1.82) is 0 Å². The van der Waals surface area contributed by atoms with Gasteiger partial charge in [0.25, 0.3) is 5.91 Å². The molecule has 0 spiro atoms. The molecule has 0 bridgehead atoms. The first kappa shape index (κ1) is 22.1. The number of nitrogens with one attached hydrogen (secondary N) is 2. The zero-order chi connectivity index (χ0) is 24.4. The second kappa shape index (κ2) is 9.29. The van der Waals surface area contributed by atoms with Crippen LogP contribution in [0.25, 0.3) is 10.9 Å². The zero-order valence-electron chi connectivity index (χ0n) is 18.9. The van der Waals surface area contributed by atoms with Crippen molar-refractivity contribution in [2.75, 3.05) is 18.7 Å². The van der Waals surface area contributed by atoms with E-state index in [1.807, 2.05) is 19.1 Å². The minimum Gasteiger partial charge on any atom is -0.454 e. The first-order chi connectivity index (χ1) is 17.0. The summed E-state index contributed by atoms with van der Waals surface area (Å²) in [6.07, 6.45) is 4.58. The van der Waals surface area contributed by atoms with Gasteiger partial charge in [0, 0.05) is 24.5 Å². The quantitative estimate of drug-likeness (QED) is 0.418. The zero-order valence-corrected chi connectivity index (χ0v) is 18.9. The normalized spacial score (nSPS) is 12.0. The highest BCUT2D eigenvalue weighted by atomic mass is 16.7. The predicted octanol–water partition coefficient (Wildman–Crippen LogP) is 1.76. The van der Waals surface area contributed by atoms with Crippen LogP contribution in [0.5, 0.6) is 11.5 Å². The molecule has 1 aliphatic rings. The monoisotopic (exact) mass is 474 g/mol. The number of benzene rings is 2. The Morgan fingerprint density at radius 3 is 2.60 bits per heavy atom. The molecule has 2 aromatic carbocycles. The molecule has 0 atom stereocenters. The SMILES string of the molecule is CCn1cc(C(=O)NCC(=O)Nc2ccc(Cn3cncn3)cc2)c(=O)c2cc3c(cc21)OCO3. The summed E-state index contributed by atoms with van der Waals surface area (Å²) in [6.45, 7) is 2.79. The van der Waals surface area contributed by atoms with Crippen molar-refractivity contribution in [3.63, 3.8) is 0 Å². The molecule has 0 aliphatic carbocycles. The highest BCUT2D eigenvalue weighted by Crippen LogP contribution is 2.35. The van der Waals surface area contributed by atoms with E-state index >= 15 is 0 Å². The van der Waals surface area contributed by atoms with E-state index in [1.165, 1.54) is 12.5 Å². The van der Waals surface area contributed by atoms with E-state index in [4.69, 9.17) is 9.47 Å². The molecule has 0 radical (unpaired) electrons. The number of anilines is 1. The predicted molar refractivity (Wildman–Crippen MR) is 127 cm³/mol. The van der Waals surface area contributed by atoms with Crippen LogP contribution in [0.3, 0.4) is 0 Å². The third-order valence-electron chi connectivity index (χ3n) is 5.62. The minimum absolute atomic E-state index is 0.0523. The maximum atomic E-state index is 13.0. The lowest BCUT2D eigenvalue weighted by Gasteiger charge is -2.13. The fraction of sp³-hybridized carbons (Fsp3) is 0.208. The smallest absolute Gasteiger partial charge is 0.257 e. The summed E-state index contributed by atoms with van der Waals surface area (Å²) in [5, 5.41) is 9.66. The molecule has 2 N–H and O–H groups in total. The number of carbonyl (C=O) groups excluding carboxylic acids is 2. The molecule has 11 heteroatoms. The molecule has 4 aromatic rings. The van der Waals surface area contributed by atoms with E-state index in [1.54, 1.807) is 39.8 Å². The summed E-state index contributed by atoms with van der Waals surface area (Å²) < 4.78 is 14.3. The van der Waals surface area contributed by atoms with Crippen molar-refractivity contribution >= 4 is 28.4 Å². The van der Waals surface area contributed by atoms with Crippen LogP contribution in [0, 0.1) is 0 Å². The molecule has 2 amide bonds. The van der Waals surface area contributed by atoms with Crippen LogP contribution < -0.4 is 25.5 Å². The summed E-state index contributed by atoms with van der Waals surface area (Å²) in [6, 6.07) is 10.6. The van der Waals surface area contributed by atoms with E-state index < -0.39 is 17.2 Å². The molecule has 35 heavy (non-hydrogen) atoms. The van der Waals surface area contributed by atoms with Crippen molar-refractivity contribution in [2.45, 2.75) is 20.0 Å². The van der Waals surface area contributed by atoms with Crippen LogP contribution in [0.1, 0.15) is 22.8 Å². The van der Waals surface area contributed by atoms with Gasteiger partial charge in [-0.2, -0.15) is 5.10 Å². The van der Waals surface area contributed by atoms with E-state index in [0.717, 1.165) is 5.56 Å². The number of rotatable bonds is 7. The molecule has 178 valence electrons. The number of ether oxygens (including phenoxy) is 2. The van der Waals surface area contributed by atoms with Crippen LogP contribution in [0.15, 0.2) is 60.0 Å². The van der Waals surface area contributed by atoms with Gasteiger partial charge in [-0.25, -0.2) is 9.67 Å². The summed E-state index contributed by atoms with van der Waals surface area (Å²) in [5.41, 5.74) is 1.73. The number of hydrogen-bond donors (Lipinski definition) is 2. The first-order valence-corrected chi connectivity index (χ1v) is 11.0. The molecule has 2 aromatic heterocycles. The van der Waals surface area contributed by atoms with Gasteiger partial charge in [0.2, 0.25) is 18.1 Å². The van der Waals surface area contributed by atoms with Crippen LogP contribution in [-0.4, -0.2) is 44.5 Å². The first-order valence-electron chi connectivity index (χ1n) is 11.0. The number of hydrogen-bond acceptors (Lipinski definition) is 7. The molecular formula is C24H22N6O5. The summed E-state index contributed by atoms with van der Waals surface area (Å²) >= 11 is 0. The molecular weight excluding hydrogens is 452 g/mol. The van der Waals surface area contributed by atoms with Crippen molar-refractivity contribution in [1.82, 2.24) is 24.6 Å². The molecule has 3 heterocycles. The average Bonchev–Trinajstić information content (AvgIpc) is 3.55. The van der Waals surface area contributed by atoms with Gasteiger partial charge in [-0.1, -0.05) is 12.1 Å². The molecule has 1 aliphatic heterocycles. The van der Waals surface area contributed by atoms with Crippen molar-refractivity contribution < 1.29 is 19.1 Å². The van der Waals surface area contributed by atoms with Gasteiger partial charge < -0.3 is 24.7 Å². The number of pyridine rings is 1. The Morgan fingerprint density at radius 2 is 1.89 bits per heavy atom. The Balaban J connectivity index is 1.25. The minimum atomic E-state index is -0.630. The Kier molecular flexibility index (Phi) is 5.88. The van der Waals surface area contributed by atoms with E-state index in [0.29, 0.717) is 41.2 Å². The fourth-order valence-electron chi connectivity index (χ4n) is 3.86. The summed E-state index contributed by atoms with van der Waals surface area (Å²) in [5.74, 6) is -0.0293. The maximum absolute atomic E-state index is 13.0. The summed E-state index contributed by atoms with van der Waals surface area (Å²) in [7, 11) is 0. The van der Waals surface area contributed by atoms with Gasteiger partial charge in [-0.15, -0.1) is 0 Å². The Labute approximate surface area is 199 Å².